The Labute approximate surface area is 146 Å². The summed E-state index contributed by atoms with van der Waals surface area (Å²) in [5.41, 5.74) is 6.85. The van der Waals surface area contributed by atoms with E-state index in [1.165, 1.54) is 6.26 Å². The van der Waals surface area contributed by atoms with Crippen molar-refractivity contribution in [2.24, 2.45) is 5.73 Å². The van der Waals surface area contributed by atoms with Gasteiger partial charge in [-0.2, -0.15) is 0 Å². The highest BCUT2D eigenvalue weighted by atomic mass is 35.5. The number of furan rings is 1. The first-order valence-electron chi connectivity index (χ1n) is 7.59. The maximum Gasteiger partial charge on any atom is 0.289 e. The zero-order valence-electron chi connectivity index (χ0n) is 13.1. The van der Waals surface area contributed by atoms with Crippen molar-refractivity contribution < 1.29 is 14.0 Å². The second kappa shape index (κ2) is 7.99. The third-order valence-corrected chi connectivity index (χ3v) is 4.04. The highest BCUT2D eigenvalue weighted by Crippen LogP contribution is 2.15. The van der Waals surface area contributed by atoms with E-state index in [1.54, 1.807) is 21.9 Å². The largest absolute Gasteiger partial charge is 0.459 e. The maximum absolute atomic E-state index is 12.5. The number of amides is 2. The Bertz CT molecular complexity index is 668. The summed E-state index contributed by atoms with van der Waals surface area (Å²) in [4.78, 5) is 28.1. The van der Waals surface area contributed by atoms with Crippen molar-refractivity contribution in [3.63, 3.8) is 0 Å². The van der Waals surface area contributed by atoms with Crippen molar-refractivity contribution in [2.75, 3.05) is 26.2 Å². The lowest BCUT2D eigenvalue weighted by atomic mass is 10.1. The Morgan fingerprint density at radius 2 is 1.58 bits per heavy atom. The van der Waals surface area contributed by atoms with E-state index in [0.29, 0.717) is 31.9 Å². The van der Waals surface area contributed by atoms with E-state index in [-0.39, 0.29) is 24.2 Å². The summed E-state index contributed by atoms with van der Waals surface area (Å²) in [6.45, 7) is 1.91. The van der Waals surface area contributed by atoms with Crippen molar-refractivity contribution in [1.29, 1.82) is 0 Å². The number of hydrogen-bond donors (Lipinski definition) is 1. The summed E-state index contributed by atoms with van der Waals surface area (Å²) in [5.74, 6) is 0.0708. The number of carbonyl (C=O) groups is 2. The maximum atomic E-state index is 12.5. The molecule has 7 heteroatoms. The van der Waals surface area contributed by atoms with Crippen LogP contribution in [0.4, 0.5) is 0 Å². The van der Waals surface area contributed by atoms with E-state index in [1.807, 2.05) is 30.3 Å². The van der Waals surface area contributed by atoms with Crippen LogP contribution in [0.15, 0.2) is 53.1 Å². The number of carbonyl (C=O) groups excluding carboxylic acids is 2. The highest BCUT2D eigenvalue weighted by Gasteiger charge is 2.28. The molecule has 0 radical (unpaired) electrons. The molecule has 0 bridgehead atoms. The predicted octanol–water partition coefficient (Wildman–Crippen LogP) is 1.69. The molecule has 1 aliphatic rings. The van der Waals surface area contributed by atoms with Crippen LogP contribution in [-0.2, 0) is 4.79 Å². The first-order valence-corrected chi connectivity index (χ1v) is 7.59. The molecule has 1 aromatic heterocycles. The van der Waals surface area contributed by atoms with Crippen LogP contribution in [0.5, 0.6) is 0 Å². The number of nitrogens with two attached hydrogens (primary N) is 1. The first-order chi connectivity index (χ1) is 11.2. The number of benzene rings is 1. The minimum absolute atomic E-state index is 0. The third kappa shape index (κ3) is 3.77. The Morgan fingerprint density at radius 1 is 0.958 bits per heavy atom. The van der Waals surface area contributed by atoms with E-state index in [9.17, 15) is 9.59 Å². The lowest BCUT2D eigenvalue weighted by Crippen LogP contribution is -2.52. The smallest absolute Gasteiger partial charge is 0.289 e. The van der Waals surface area contributed by atoms with Crippen LogP contribution in [0, 0.1) is 0 Å². The fourth-order valence-corrected chi connectivity index (χ4v) is 2.69. The number of halogens is 1. The second-order valence-corrected chi connectivity index (χ2v) is 5.48. The summed E-state index contributed by atoms with van der Waals surface area (Å²) in [6.07, 6.45) is 1.48. The standard InChI is InChI=1S/C17H19N3O3.ClH/c18-15(13-5-2-1-3-6-13)17(22)20-10-8-19(9-11-20)16(21)14-7-4-12-23-14;/h1-7,12,15H,8-11,18H2;1H. The highest BCUT2D eigenvalue weighted by molar-refractivity contribution is 5.91. The molecule has 0 aliphatic carbocycles. The fraction of sp³-hybridized carbons (Fsp3) is 0.294. The summed E-state index contributed by atoms with van der Waals surface area (Å²) in [7, 11) is 0. The Hall–Kier alpha value is -2.31. The topological polar surface area (TPSA) is 79.8 Å². The van der Waals surface area contributed by atoms with Gasteiger partial charge in [-0.1, -0.05) is 30.3 Å². The normalized spacial score (nSPS) is 15.5. The summed E-state index contributed by atoms with van der Waals surface area (Å²) >= 11 is 0. The minimum atomic E-state index is -0.663. The molecule has 1 atom stereocenters. The second-order valence-electron chi connectivity index (χ2n) is 5.48. The Morgan fingerprint density at radius 3 is 2.17 bits per heavy atom. The van der Waals surface area contributed by atoms with E-state index in [0.717, 1.165) is 5.56 Å². The molecule has 0 saturated carbocycles. The van der Waals surface area contributed by atoms with Gasteiger partial charge >= 0.3 is 0 Å². The van der Waals surface area contributed by atoms with Gasteiger partial charge in [0.05, 0.1) is 6.26 Å². The molecule has 2 aromatic rings. The van der Waals surface area contributed by atoms with Crippen molar-refractivity contribution in [3.8, 4) is 0 Å². The van der Waals surface area contributed by atoms with Gasteiger partial charge in [-0.3, -0.25) is 9.59 Å². The Balaban J connectivity index is 0.00000208. The minimum Gasteiger partial charge on any atom is -0.459 e. The molecule has 2 heterocycles. The monoisotopic (exact) mass is 349 g/mol. The Kier molecular flexibility index (Phi) is 6.00. The van der Waals surface area contributed by atoms with Gasteiger partial charge in [-0.15, -0.1) is 12.4 Å². The summed E-state index contributed by atoms with van der Waals surface area (Å²) in [5, 5.41) is 0. The van der Waals surface area contributed by atoms with Gasteiger partial charge in [0.25, 0.3) is 5.91 Å². The van der Waals surface area contributed by atoms with Gasteiger partial charge < -0.3 is 20.0 Å². The summed E-state index contributed by atoms with van der Waals surface area (Å²) < 4.78 is 5.13. The molecule has 1 aliphatic heterocycles. The lowest BCUT2D eigenvalue weighted by Gasteiger charge is -2.35. The van der Waals surface area contributed by atoms with Crippen LogP contribution in [0.1, 0.15) is 22.2 Å². The van der Waals surface area contributed by atoms with Crippen LogP contribution in [0.3, 0.4) is 0 Å². The quantitative estimate of drug-likeness (QED) is 0.914. The van der Waals surface area contributed by atoms with Crippen LogP contribution in [0.2, 0.25) is 0 Å². The van der Waals surface area contributed by atoms with Crippen LogP contribution in [-0.4, -0.2) is 47.8 Å². The molecule has 0 spiro atoms. The van der Waals surface area contributed by atoms with Crippen LogP contribution < -0.4 is 5.73 Å². The van der Waals surface area contributed by atoms with Gasteiger partial charge in [0, 0.05) is 26.2 Å². The average molecular weight is 350 g/mol. The molecular formula is C17H20ClN3O3. The molecule has 3 rings (SSSR count). The third-order valence-electron chi connectivity index (χ3n) is 4.04. The van der Waals surface area contributed by atoms with Crippen molar-refractivity contribution in [2.45, 2.75) is 6.04 Å². The molecule has 1 aromatic carbocycles. The fourth-order valence-electron chi connectivity index (χ4n) is 2.69. The molecule has 1 fully saturated rings. The van der Waals surface area contributed by atoms with Crippen molar-refractivity contribution in [1.82, 2.24) is 9.80 Å². The lowest BCUT2D eigenvalue weighted by molar-refractivity contribution is -0.134. The molecule has 1 saturated heterocycles. The van der Waals surface area contributed by atoms with Crippen molar-refractivity contribution >= 4 is 24.2 Å². The average Bonchev–Trinajstić information content (AvgIpc) is 3.15. The molecule has 6 nitrogen and oxygen atoms in total. The summed E-state index contributed by atoms with van der Waals surface area (Å²) in [6, 6.07) is 12.0. The zero-order chi connectivity index (χ0) is 16.2. The number of hydrogen-bond acceptors (Lipinski definition) is 4. The van der Waals surface area contributed by atoms with Gasteiger partial charge in [0.2, 0.25) is 5.91 Å². The SMILES string of the molecule is Cl.NC(C(=O)N1CCN(C(=O)c2ccco2)CC1)c1ccccc1. The van der Waals surface area contributed by atoms with Crippen LogP contribution in [0.25, 0.3) is 0 Å². The van der Waals surface area contributed by atoms with E-state index in [2.05, 4.69) is 0 Å². The first kappa shape index (κ1) is 18.0. The number of nitrogens with zero attached hydrogens (tertiary/aromatic N) is 2. The zero-order valence-corrected chi connectivity index (χ0v) is 13.9. The van der Waals surface area contributed by atoms with E-state index in [4.69, 9.17) is 10.2 Å². The number of piperazine rings is 1. The van der Waals surface area contributed by atoms with Gasteiger partial charge in [-0.05, 0) is 17.7 Å². The van der Waals surface area contributed by atoms with Crippen molar-refractivity contribution in [3.05, 3.63) is 60.1 Å². The van der Waals surface area contributed by atoms with Crippen LogP contribution >= 0.6 is 12.4 Å². The molecule has 2 amide bonds. The number of rotatable bonds is 3. The molecule has 1 unspecified atom stereocenters. The predicted molar refractivity (Wildman–Crippen MR) is 91.8 cm³/mol. The van der Waals surface area contributed by atoms with E-state index >= 15 is 0 Å². The van der Waals surface area contributed by atoms with Gasteiger partial charge in [0.1, 0.15) is 6.04 Å². The molecule has 24 heavy (non-hydrogen) atoms. The molecule has 2 N–H and O–H groups in total. The van der Waals surface area contributed by atoms with Gasteiger partial charge in [0.15, 0.2) is 5.76 Å². The molecule has 128 valence electrons. The van der Waals surface area contributed by atoms with E-state index < -0.39 is 6.04 Å². The van der Waals surface area contributed by atoms with Gasteiger partial charge in [-0.25, -0.2) is 0 Å². The molecular weight excluding hydrogens is 330 g/mol.